The first-order chi connectivity index (χ1) is 14.2. The zero-order chi connectivity index (χ0) is 21.9. The minimum atomic E-state index is -1.17. The molecule has 1 aliphatic rings. The van der Waals surface area contributed by atoms with Gasteiger partial charge in [0.15, 0.2) is 6.61 Å². The van der Waals surface area contributed by atoms with E-state index in [-0.39, 0.29) is 11.5 Å². The van der Waals surface area contributed by atoms with E-state index in [1.807, 2.05) is 19.1 Å². The Balaban J connectivity index is 1.77. The predicted molar refractivity (Wildman–Crippen MR) is 112 cm³/mol. The van der Waals surface area contributed by atoms with Crippen molar-refractivity contribution < 1.29 is 19.1 Å². The van der Waals surface area contributed by atoms with Gasteiger partial charge < -0.3 is 10.1 Å². The summed E-state index contributed by atoms with van der Waals surface area (Å²) in [6.45, 7) is 4.54. The lowest BCUT2D eigenvalue weighted by atomic mass is 9.96. The number of anilines is 2. The number of aryl methyl sites for hydroxylation is 1. The Kier molecular flexibility index (Phi) is 5.70. The van der Waals surface area contributed by atoms with E-state index >= 15 is 0 Å². The first-order valence-electron chi connectivity index (χ1n) is 9.33. The summed E-state index contributed by atoms with van der Waals surface area (Å²) >= 11 is 0. The van der Waals surface area contributed by atoms with Gasteiger partial charge in [-0.15, -0.1) is 0 Å². The summed E-state index contributed by atoms with van der Waals surface area (Å²) < 4.78 is 5.10. The van der Waals surface area contributed by atoms with Crippen LogP contribution < -0.4 is 10.2 Å². The minimum Gasteiger partial charge on any atom is -0.451 e. The minimum absolute atomic E-state index is 0.220. The van der Waals surface area contributed by atoms with Crippen LogP contribution in [0, 0.1) is 18.3 Å². The molecular formula is C23H21N3O4. The number of esters is 1. The molecule has 2 amide bonds. The summed E-state index contributed by atoms with van der Waals surface area (Å²) in [7, 11) is 0. The molecule has 2 aromatic carbocycles. The molecule has 0 aliphatic carbocycles. The summed E-state index contributed by atoms with van der Waals surface area (Å²) in [5.74, 6) is -1.82. The number of para-hydroxylation sites is 2. The normalized spacial score (nSPS) is 14.9. The molecule has 152 valence electrons. The molecule has 0 aromatic heterocycles. The molecule has 0 saturated heterocycles. The van der Waals surface area contributed by atoms with Crippen LogP contribution in [0.25, 0.3) is 6.08 Å². The monoisotopic (exact) mass is 403 g/mol. The van der Waals surface area contributed by atoms with Crippen LogP contribution >= 0.6 is 0 Å². The van der Waals surface area contributed by atoms with Crippen molar-refractivity contribution in [2.45, 2.75) is 26.3 Å². The molecule has 0 spiro atoms. The Morgan fingerprint density at radius 3 is 2.50 bits per heavy atom. The fourth-order valence-electron chi connectivity index (χ4n) is 3.13. The highest BCUT2D eigenvalue weighted by molar-refractivity contribution is 6.14. The fraction of sp³-hybridized carbons (Fsp3) is 0.217. The van der Waals surface area contributed by atoms with Crippen molar-refractivity contribution in [2.75, 3.05) is 16.8 Å². The Bertz CT molecular complexity index is 1080. The van der Waals surface area contributed by atoms with E-state index < -0.39 is 24.0 Å². The fourth-order valence-corrected chi connectivity index (χ4v) is 3.13. The first-order valence-corrected chi connectivity index (χ1v) is 9.33. The van der Waals surface area contributed by atoms with Crippen LogP contribution in [0.1, 0.15) is 25.0 Å². The second-order valence-corrected chi connectivity index (χ2v) is 7.42. The average molecular weight is 403 g/mol. The zero-order valence-corrected chi connectivity index (χ0v) is 16.9. The highest BCUT2D eigenvalue weighted by Crippen LogP contribution is 2.36. The number of ether oxygens (including phenoxy) is 1. The van der Waals surface area contributed by atoms with Gasteiger partial charge in [-0.25, -0.2) is 4.79 Å². The van der Waals surface area contributed by atoms with E-state index in [4.69, 9.17) is 4.74 Å². The van der Waals surface area contributed by atoms with E-state index in [9.17, 15) is 19.6 Å². The Hall–Kier alpha value is -3.92. The number of fused-ring (bicyclic) bond motifs is 1. The van der Waals surface area contributed by atoms with E-state index in [0.29, 0.717) is 16.9 Å². The second-order valence-electron chi connectivity index (χ2n) is 7.42. The standard InChI is InChI=1S/C23H21N3O4/c1-15-8-10-16(11-9-15)12-17(13-24)21(28)30-14-20(27)26-19-7-5-4-6-18(19)25-22(29)23(26,2)3/h4-12H,14H2,1-3H3,(H,25,29)/b17-12+. The van der Waals surface area contributed by atoms with Gasteiger partial charge in [0, 0.05) is 0 Å². The smallest absolute Gasteiger partial charge is 0.349 e. The van der Waals surface area contributed by atoms with Crippen molar-refractivity contribution in [1.82, 2.24) is 0 Å². The van der Waals surface area contributed by atoms with Crippen molar-refractivity contribution >= 4 is 35.2 Å². The highest BCUT2D eigenvalue weighted by atomic mass is 16.5. The molecular weight excluding hydrogens is 382 g/mol. The van der Waals surface area contributed by atoms with Crippen LogP contribution in [0.15, 0.2) is 54.1 Å². The van der Waals surface area contributed by atoms with Gasteiger partial charge in [0.25, 0.3) is 5.91 Å². The van der Waals surface area contributed by atoms with Gasteiger partial charge in [-0.1, -0.05) is 42.0 Å². The molecule has 30 heavy (non-hydrogen) atoms. The van der Waals surface area contributed by atoms with E-state index in [0.717, 1.165) is 5.56 Å². The van der Waals surface area contributed by atoms with Crippen molar-refractivity contribution in [3.05, 3.63) is 65.2 Å². The van der Waals surface area contributed by atoms with Crippen LogP contribution in [0.4, 0.5) is 11.4 Å². The molecule has 1 heterocycles. The number of rotatable bonds is 4. The van der Waals surface area contributed by atoms with Crippen molar-refractivity contribution in [1.29, 1.82) is 5.26 Å². The summed E-state index contributed by atoms with van der Waals surface area (Å²) in [6, 6.07) is 16.0. The second kappa shape index (κ2) is 8.21. The number of carbonyl (C=O) groups excluding carboxylic acids is 3. The number of nitrogens with one attached hydrogen (secondary N) is 1. The van der Waals surface area contributed by atoms with Crippen LogP contribution in [-0.4, -0.2) is 29.9 Å². The topological polar surface area (TPSA) is 99.5 Å². The Labute approximate surface area is 174 Å². The van der Waals surface area contributed by atoms with Gasteiger partial charge in [0.05, 0.1) is 11.4 Å². The molecule has 3 rings (SSSR count). The molecule has 2 aromatic rings. The number of hydrogen-bond acceptors (Lipinski definition) is 5. The van der Waals surface area contributed by atoms with Crippen LogP contribution in [0.5, 0.6) is 0 Å². The third-order valence-corrected chi connectivity index (χ3v) is 4.81. The van der Waals surface area contributed by atoms with Crippen molar-refractivity contribution in [2.24, 2.45) is 0 Å². The van der Waals surface area contributed by atoms with Gasteiger partial charge in [-0.2, -0.15) is 5.26 Å². The zero-order valence-electron chi connectivity index (χ0n) is 16.9. The summed E-state index contributed by atoms with van der Waals surface area (Å²) in [4.78, 5) is 39.0. The van der Waals surface area contributed by atoms with Gasteiger partial charge in [0.2, 0.25) is 5.91 Å². The summed E-state index contributed by atoms with van der Waals surface area (Å²) in [5, 5.41) is 12.1. The lowest BCUT2D eigenvalue weighted by Crippen LogP contribution is -2.59. The third-order valence-electron chi connectivity index (χ3n) is 4.81. The van der Waals surface area contributed by atoms with Crippen molar-refractivity contribution in [3.8, 4) is 6.07 Å². The number of carbonyl (C=O) groups is 3. The van der Waals surface area contributed by atoms with E-state index in [1.54, 1.807) is 56.3 Å². The molecule has 0 bridgehead atoms. The van der Waals surface area contributed by atoms with E-state index in [1.165, 1.54) is 11.0 Å². The molecule has 0 fully saturated rings. The largest absolute Gasteiger partial charge is 0.451 e. The SMILES string of the molecule is Cc1ccc(/C=C(\C#N)C(=O)OCC(=O)N2c3ccccc3NC(=O)C2(C)C)cc1. The maximum Gasteiger partial charge on any atom is 0.349 e. The number of hydrogen-bond donors (Lipinski definition) is 1. The van der Waals surface area contributed by atoms with Crippen LogP contribution in [0.2, 0.25) is 0 Å². The highest BCUT2D eigenvalue weighted by Gasteiger charge is 2.43. The number of nitriles is 1. The third kappa shape index (κ3) is 4.08. The average Bonchev–Trinajstić information content (AvgIpc) is 2.72. The van der Waals surface area contributed by atoms with Gasteiger partial charge in [-0.3, -0.25) is 14.5 Å². The van der Waals surface area contributed by atoms with Crippen LogP contribution in [-0.2, 0) is 19.1 Å². The molecule has 0 radical (unpaired) electrons. The van der Waals surface area contributed by atoms with Gasteiger partial charge >= 0.3 is 5.97 Å². The van der Waals surface area contributed by atoms with Crippen LogP contribution in [0.3, 0.4) is 0 Å². The summed E-state index contributed by atoms with van der Waals surface area (Å²) in [5.41, 5.74) is 1.34. The molecule has 0 saturated carbocycles. The number of nitrogens with zero attached hydrogens (tertiary/aromatic N) is 2. The van der Waals surface area contributed by atoms with Gasteiger partial charge in [0.1, 0.15) is 17.2 Å². The predicted octanol–water partition coefficient (Wildman–Crippen LogP) is 3.21. The molecule has 1 aliphatic heterocycles. The number of benzene rings is 2. The van der Waals surface area contributed by atoms with Gasteiger partial charge in [-0.05, 0) is 44.5 Å². The van der Waals surface area contributed by atoms with Crippen molar-refractivity contribution in [3.63, 3.8) is 0 Å². The maximum absolute atomic E-state index is 12.9. The quantitative estimate of drug-likeness (QED) is 0.480. The Morgan fingerprint density at radius 1 is 1.17 bits per heavy atom. The molecule has 0 unspecified atom stereocenters. The lowest BCUT2D eigenvalue weighted by Gasteiger charge is -2.41. The molecule has 7 nitrogen and oxygen atoms in total. The molecule has 1 N–H and O–H groups in total. The molecule has 7 heteroatoms. The molecule has 0 atom stereocenters. The lowest BCUT2D eigenvalue weighted by molar-refractivity contribution is -0.144. The Morgan fingerprint density at radius 2 is 1.83 bits per heavy atom. The van der Waals surface area contributed by atoms with E-state index in [2.05, 4.69) is 5.32 Å². The number of amides is 2. The maximum atomic E-state index is 12.9. The summed E-state index contributed by atoms with van der Waals surface area (Å²) in [6.07, 6.45) is 1.40. The first kappa shape index (κ1) is 20.8.